The third-order valence-electron chi connectivity index (χ3n) is 3.74. The predicted octanol–water partition coefficient (Wildman–Crippen LogP) is 2.14. The zero-order valence-electron chi connectivity index (χ0n) is 13.5. The maximum atomic E-state index is 11.9. The van der Waals surface area contributed by atoms with Gasteiger partial charge >= 0.3 is 5.76 Å². The number of oxazole rings is 1. The van der Waals surface area contributed by atoms with E-state index in [-0.39, 0.29) is 12.5 Å². The fourth-order valence-electron chi connectivity index (χ4n) is 2.32. The maximum Gasteiger partial charge on any atom is 0.419 e. The molecule has 0 radical (unpaired) electrons. The van der Waals surface area contributed by atoms with Crippen LogP contribution in [0.5, 0.6) is 5.75 Å². The Kier molecular flexibility index (Phi) is 4.37. The molecule has 6 nitrogen and oxygen atoms in total. The van der Waals surface area contributed by atoms with Gasteiger partial charge in [-0.1, -0.05) is 23.8 Å². The third-order valence-corrected chi connectivity index (χ3v) is 3.74. The molecule has 3 aromatic rings. The molecule has 0 fully saturated rings. The molecule has 1 N–H and O–H groups in total. The number of rotatable bonds is 5. The standard InChI is InChI=1S/C18H18N2O4/c1-12-3-6-14(7-4-12)23-11-17(21)19-10-13-5-8-16-15(9-13)20(2)18(22)24-16/h3-9H,10-11H2,1-2H3,(H,19,21). The molecule has 1 heterocycles. The van der Waals surface area contributed by atoms with Gasteiger partial charge in [-0.2, -0.15) is 0 Å². The largest absolute Gasteiger partial charge is 0.484 e. The van der Waals surface area contributed by atoms with Crippen molar-refractivity contribution in [2.24, 2.45) is 7.05 Å². The maximum absolute atomic E-state index is 11.9. The van der Waals surface area contributed by atoms with E-state index in [9.17, 15) is 9.59 Å². The monoisotopic (exact) mass is 326 g/mol. The highest BCUT2D eigenvalue weighted by Gasteiger charge is 2.08. The molecular weight excluding hydrogens is 308 g/mol. The summed E-state index contributed by atoms with van der Waals surface area (Å²) in [5.74, 6) is 0.0417. The van der Waals surface area contributed by atoms with Crippen LogP contribution in [-0.2, 0) is 18.4 Å². The summed E-state index contributed by atoms with van der Waals surface area (Å²) in [4.78, 5) is 23.3. The second kappa shape index (κ2) is 6.62. The van der Waals surface area contributed by atoms with Gasteiger partial charge in [0.2, 0.25) is 0 Å². The summed E-state index contributed by atoms with van der Waals surface area (Å²) >= 11 is 0. The van der Waals surface area contributed by atoms with Crippen molar-refractivity contribution in [3.63, 3.8) is 0 Å². The minimum atomic E-state index is -0.405. The minimum absolute atomic E-state index is 0.0461. The number of benzene rings is 2. The molecular formula is C18H18N2O4. The average molecular weight is 326 g/mol. The zero-order chi connectivity index (χ0) is 17.1. The lowest BCUT2D eigenvalue weighted by Gasteiger charge is -2.08. The smallest absolute Gasteiger partial charge is 0.419 e. The first-order chi connectivity index (χ1) is 11.5. The number of aryl methyl sites for hydroxylation is 2. The number of hydrogen-bond acceptors (Lipinski definition) is 4. The van der Waals surface area contributed by atoms with Gasteiger partial charge in [0.05, 0.1) is 5.52 Å². The van der Waals surface area contributed by atoms with E-state index in [1.54, 1.807) is 13.1 Å². The van der Waals surface area contributed by atoms with Gasteiger partial charge in [0.15, 0.2) is 12.2 Å². The lowest BCUT2D eigenvalue weighted by molar-refractivity contribution is -0.123. The molecule has 0 aliphatic rings. The van der Waals surface area contributed by atoms with Crippen LogP contribution in [0.1, 0.15) is 11.1 Å². The summed E-state index contributed by atoms with van der Waals surface area (Å²) in [5.41, 5.74) is 3.24. The molecule has 3 rings (SSSR count). The van der Waals surface area contributed by atoms with Gasteiger partial charge < -0.3 is 14.5 Å². The van der Waals surface area contributed by atoms with Crippen LogP contribution in [0.2, 0.25) is 0 Å². The minimum Gasteiger partial charge on any atom is -0.484 e. The fourth-order valence-corrected chi connectivity index (χ4v) is 2.32. The Labute approximate surface area is 138 Å². The van der Waals surface area contributed by atoms with Gasteiger partial charge in [-0.3, -0.25) is 9.36 Å². The van der Waals surface area contributed by atoms with E-state index in [4.69, 9.17) is 9.15 Å². The number of amides is 1. The highest BCUT2D eigenvalue weighted by atomic mass is 16.5. The van der Waals surface area contributed by atoms with E-state index >= 15 is 0 Å². The molecule has 0 bridgehead atoms. The summed E-state index contributed by atoms with van der Waals surface area (Å²) in [5, 5.41) is 2.79. The van der Waals surface area contributed by atoms with Gasteiger partial charge in [0.1, 0.15) is 5.75 Å². The number of carbonyl (C=O) groups is 1. The van der Waals surface area contributed by atoms with Gasteiger partial charge in [-0.05, 0) is 36.8 Å². The highest BCUT2D eigenvalue weighted by molar-refractivity contribution is 5.78. The Morgan fingerprint density at radius 3 is 2.71 bits per heavy atom. The second-order valence-corrected chi connectivity index (χ2v) is 5.61. The molecule has 0 atom stereocenters. The molecule has 0 saturated heterocycles. The van der Waals surface area contributed by atoms with Crippen LogP contribution < -0.4 is 15.8 Å². The lowest BCUT2D eigenvalue weighted by atomic mass is 10.2. The van der Waals surface area contributed by atoms with E-state index in [0.717, 1.165) is 11.1 Å². The number of nitrogens with zero attached hydrogens (tertiary/aromatic N) is 1. The molecule has 1 aromatic heterocycles. The van der Waals surface area contributed by atoms with Gasteiger partial charge in [-0.15, -0.1) is 0 Å². The Hall–Kier alpha value is -3.02. The molecule has 0 unspecified atom stereocenters. The van der Waals surface area contributed by atoms with Crippen molar-refractivity contribution in [1.29, 1.82) is 0 Å². The Bertz CT molecular complexity index is 922. The van der Waals surface area contributed by atoms with Crippen LogP contribution in [0, 0.1) is 6.92 Å². The van der Waals surface area contributed by atoms with Gasteiger partial charge in [0, 0.05) is 13.6 Å². The van der Waals surface area contributed by atoms with Crippen LogP contribution in [0.15, 0.2) is 51.7 Å². The van der Waals surface area contributed by atoms with Gasteiger partial charge in [-0.25, -0.2) is 4.79 Å². The average Bonchev–Trinajstić information content (AvgIpc) is 2.87. The molecule has 24 heavy (non-hydrogen) atoms. The molecule has 0 saturated carbocycles. The Morgan fingerprint density at radius 2 is 1.96 bits per heavy atom. The quantitative estimate of drug-likeness (QED) is 0.779. The number of aromatic nitrogens is 1. The summed E-state index contributed by atoms with van der Waals surface area (Å²) in [6.07, 6.45) is 0. The topological polar surface area (TPSA) is 73.5 Å². The van der Waals surface area contributed by atoms with Gasteiger partial charge in [0.25, 0.3) is 5.91 Å². The Morgan fingerprint density at radius 1 is 1.21 bits per heavy atom. The first-order valence-electron chi connectivity index (χ1n) is 7.57. The SMILES string of the molecule is Cc1ccc(OCC(=O)NCc2ccc3oc(=O)n(C)c3c2)cc1. The number of fused-ring (bicyclic) bond motifs is 1. The second-order valence-electron chi connectivity index (χ2n) is 5.61. The summed E-state index contributed by atoms with van der Waals surface area (Å²) in [7, 11) is 1.64. The molecule has 1 amide bonds. The number of ether oxygens (including phenoxy) is 1. The summed E-state index contributed by atoms with van der Waals surface area (Å²) in [6, 6.07) is 12.9. The number of nitrogens with one attached hydrogen (secondary N) is 1. The summed E-state index contributed by atoms with van der Waals surface area (Å²) in [6.45, 7) is 2.30. The molecule has 0 spiro atoms. The van der Waals surface area contributed by atoms with Crippen LogP contribution in [0.4, 0.5) is 0 Å². The third kappa shape index (κ3) is 3.48. The highest BCUT2D eigenvalue weighted by Crippen LogP contribution is 2.14. The van der Waals surface area contributed by atoms with E-state index in [1.165, 1.54) is 4.57 Å². The van der Waals surface area contributed by atoms with Crippen LogP contribution >= 0.6 is 0 Å². The van der Waals surface area contributed by atoms with E-state index in [0.29, 0.717) is 23.4 Å². The van der Waals surface area contributed by atoms with Crippen molar-refractivity contribution in [2.75, 3.05) is 6.61 Å². The number of hydrogen-bond donors (Lipinski definition) is 1. The first kappa shape index (κ1) is 15.9. The van der Waals surface area contributed by atoms with Crippen molar-refractivity contribution >= 4 is 17.0 Å². The fraction of sp³-hybridized carbons (Fsp3) is 0.222. The predicted molar refractivity (Wildman–Crippen MR) is 90.0 cm³/mol. The molecule has 0 aliphatic heterocycles. The van der Waals surface area contributed by atoms with Crippen molar-refractivity contribution in [3.8, 4) is 5.75 Å². The van der Waals surface area contributed by atoms with Crippen LogP contribution in [-0.4, -0.2) is 17.1 Å². The Balaban J connectivity index is 1.57. The molecule has 124 valence electrons. The lowest BCUT2D eigenvalue weighted by Crippen LogP contribution is -2.28. The van der Waals surface area contributed by atoms with Crippen molar-refractivity contribution < 1.29 is 13.9 Å². The molecule has 0 aliphatic carbocycles. The van der Waals surface area contributed by atoms with Crippen molar-refractivity contribution in [3.05, 3.63) is 64.1 Å². The molecule has 6 heteroatoms. The van der Waals surface area contributed by atoms with Crippen molar-refractivity contribution in [1.82, 2.24) is 9.88 Å². The summed E-state index contributed by atoms with van der Waals surface area (Å²) < 4.78 is 11.9. The van der Waals surface area contributed by atoms with E-state index in [1.807, 2.05) is 43.3 Å². The first-order valence-corrected chi connectivity index (χ1v) is 7.57. The van der Waals surface area contributed by atoms with Crippen molar-refractivity contribution in [2.45, 2.75) is 13.5 Å². The van der Waals surface area contributed by atoms with Crippen LogP contribution in [0.25, 0.3) is 11.1 Å². The normalized spacial score (nSPS) is 10.8. The van der Waals surface area contributed by atoms with E-state index in [2.05, 4.69) is 5.32 Å². The number of carbonyl (C=O) groups excluding carboxylic acids is 1. The zero-order valence-corrected chi connectivity index (χ0v) is 13.5. The molecule has 2 aromatic carbocycles. The van der Waals surface area contributed by atoms with Crippen LogP contribution in [0.3, 0.4) is 0 Å². The van der Waals surface area contributed by atoms with E-state index < -0.39 is 5.76 Å².